The minimum absolute atomic E-state index is 0.0522. The molecule has 1 aromatic heterocycles. The topological polar surface area (TPSA) is 75.4 Å². The van der Waals surface area contributed by atoms with E-state index < -0.39 is 11.9 Å². The monoisotopic (exact) mass is 251 g/mol. The number of likely N-dealkylation sites (tertiary alicyclic amines) is 1. The molecule has 1 saturated heterocycles. The van der Waals surface area contributed by atoms with E-state index in [4.69, 9.17) is 5.11 Å². The highest BCUT2D eigenvalue weighted by molar-refractivity contribution is 5.80. The maximum absolute atomic E-state index is 11.7. The molecule has 6 heteroatoms. The van der Waals surface area contributed by atoms with E-state index in [9.17, 15) is 9.59 Å². The van der Waals surface area contributed by atoms with Crippen LogP contribution in [0.4, 0.5) is 0 Å². The average Bonchev–Trinajstić information content (AvgIpc) is 2.74. The Kier molecular flexibility index (Phi) is 3.64. The highest BCUT2D eigenvalue weighted by atomic mass is 16.4. The first-order chi connectivity index (χ1) is 8.56. The molecule has 1 atom stereocenters. The summed E-state index contributed by atoms with van der Waals surface area (Å²) in [6.45, 7) is 0.892. The van der Waals surface area contributed by atoms with Crippen molar-refractivity contribution in [3.8, 4) is 0 Å². The lowest BCUT2D eigenvalue weighted by Gasteiger charge is -2.30. The van der Waals surface area contributed by atoms with Crippen LogP contribution in [0.3, 0.4) is 0 Å². The molecule has 0 saturated carbocycles. The van der Waals surface area contributed by atoms with Gasteiger partial charge in [0.15, 0.2) is 0 Å². The number of amides is 1. The van der Waals surface area contributed by atoms with Gasteiger partial charge in [-0.05, 0) is 18.4 Å². The molecule has 1 aliphatic heterocycles. The zero-order valence-corrected chi connectivity index (χ0v) is 10.4. The zero-order chi connectivity index (χ0) is 13.1. The molecule has 18 heavy (non-hydrogen) atoms. The highest BCUT2D eigenvalue weighted by Crippen LogP contribution is 2.18. The van der Waals surface area contributed by atoms with Crippen LogP contribution in [0.15, 0.2) is 12.4 Å². The molecule has 1 aliphatic rings. The Bertz CT molecular complexity index is 455. The summed E-state index contributed by atoms with van der Waals surface area (Å²) in [6.07, 6.45) is 5.18. The summed E-state index contributed by atoms with van der Waals surface area (Å²) in [5.41, 5.74) is 1.06. The Hall–Kier alpha value is -1.85. The van der Waals surface area contributed by atoms with E-state index in [1.54, 1.807) is 15.8 Å². The van der Waals surface area contributed by atoms with Gasteiger partial charge < -0.3 is 10.0 Å². The van der Waals surface area contributed by atoms with Gasteiger partial charge >= 0.3 is 5.97 Å². The fourth-order valence-electron chi connectivity index (χ4n) is 2.20. The fraction of sp³-hybridized carbons (Fsp3) is 0.583. The maximum Gasteiger partial charge on any atom is 0.308 e. The van der Waals surface area contributed by atoms with Gasteiger partial charge in [0, 0.05) is 32.8 Å². The summed E-state index contributed by atoms with van der Waals surface area (Å²) >= 11 is 0. The van der Waals surface area contributed by atoms with E-state index in [0.717, 1.165) is 5.56 Å². The van der Waals surface area contributed by atoms with Gasteiger partial charge in [0.2, 0.25) is 5.91 Å². The van der Waals surface area contributed by atoms with E-state index in [1.807, 2.05) is 13.2 Å². The van der Waals surface area contributed by atoms with E-state index in [0.29, 0.717) is 32.4 Å². The molecule has 1 unspecified atom stereocenters. The second-order valence-corrected chi connectivity index (χ2v) is 4.69. The fourth-order valence-corrected chi connectivity index (χ4v) is 2.20. The first kappa shape index (κ1) is 12.6. The van der Waals surface area contributed by atoms with Crippen molar-refractivity contribution in [3.63, 3.8) is 0 Å². The van der Waals surface area contributed by atoms with Crippen LogP contribution in [-0.4, -0.2) is 44.8 Å². The Labute approximate surface area is 105 Å². The van der Waals surface area contributed by atoms with Crippen molar-refractivity contribution in [2.24, 2.45) is 13.0 Å². The molecule has 0 bridgehead atoms. The van der Waals surface area contributed by atoms with E-state index >= 15 is 0 Å². The first-order valence-corrected chi connectivity index (χ1v) is 6.04. The van der Waals surface area contributed by atoms with Crippen molar-refractivity contribution in [2.75, 3.05) is 13.1 Å². The second-order valence-electron chi connectivity index (χ2n) is 4.69. The predicted molar refractivity (Wildman–Crippen MR) is 63.9 cm³/mol. The summed E-state index contributed by atoms with van der Waals surface area (Å²) in [7, 11) is 1.84. The van der Waals surface area contributed by atoms with Crippen LogP contribution in [0.2, 0.25) is 0 Å². The number of rotatable bonds is 4. The number of carbonyl (C=O) groups is 2. The lowest BCUT2D eigenvalue weighted by molar-refractivity contribution is -0.147. The molecule has 0 spiro atoms. The average molecular weight is 251 g/mol. The van der Waals surface area contributed by atoms with Gasteiger partial charge in [-0.2, -0.15) is 5.10 Å². The predicted octanol–water partition coefficient (Wildman–Crippen LogP) is 0.286. The lowest BCUT2D eigenvalue weighted by atomic mass is 9.97. The minimum Gasteiger partial charge on any atom is -0.481 e. The molecule has 6 nitrogen and oxygen atoms in total. The van der Waals surface area contributed by atoms with Crippen molar-refractivity contribution >= 4 is 11.9 Å². The molecular weight excluding hydrogens is 234 g/mol. The molecule has 98 valence electrons. The summed E-state index contributed by atoms with van der Waals surface area (Å²) in [4.78, 5) is 24.3. The van der Waals surface area contributed by atoms with Gasteiger partial charge in [-0.15, -0.1) is 0 Å². The smallest absolute Gasteiger partial charge is 0.308 e. The van der Waals surface area contributed by atoms with Gasteiger partial charge in [-0.25, -0.2) is 0 Å². The second kappa shape index (κ2) is 5.20. The third-order valence-corrected chi connectivity index (χ3v) is 3.28. The quantitative estimate of drug-likeness (QED) is 0.834. The number of carboxylic acid groups (broad SMARTS) is 1. The summed E-state index contributed by atoms with van der Waals surface area (Å²) < 4.78 is 1.72. The van der Waals surface area contributed by atoms with Crippen LogP contribution in [0.1, 0.15) is 18.4 Å². The number of piperidine rings is 1. The molecule has 2 heterocycles. The third-order valence-electron chi connectivity index (χ3n) is 3.28. The maximum atomic E-state index is 11.7. The van der Waals surface area contributed by atoms with Gasteiger partial charge in [0.1, 0.15) is 0 Å². The molecule has 0 aromatic carbocycles. The molecule has 1 N–H and O–H groups in total. The van der Waals surface area contributed by atoms with Crippen LogP contribution < -0.4 is 0 Å². The van der Waals surface area contributed by atoms with Crippen LogP contribution in [0.5, 0.6) is 0 Å². The van der Waals surface area contributed by atoms with Crippen molar-refractivity contribution in [3.05, 3.63) is 18.0 Å². The number of hydrogen-bond donors (Lipinski definition) is 1. The zero-order valence-electron chi connectivity index (χ0n) is 10.4. The van der Waals surface area contributed by atoms with Gasteiger partial charge in [-0.1, -0.05) is 0 Å². The Balaban J connectivity index is 1.90. The number of aliphatic carboxylic acids is 1. The minimum atomic E-state index is -0.811. The van der Waals surface area contributed by atoms with Crippen LogP contribution in [-0.2, 0) is 23.1 Å². The van der Waals surface area contributed by atoms with Crippen LogP contribution in [0, 0.1) is 5.92 Å². The lowest BCUT2D eigenvalue weighted by Crippen LogP contribution is -2.43. The van der Waals surface area contributed by atoms with Crippen LogP contribution in [0.25, 0.3) is 0 Å². The molecular formula is C12H17N3O3. The molecule has 1 amide bonds. The van der Waals surface area contributed by atoms with Crippen LogP contribution >= 0.6 is 0 Å². The molecule has 1 aromatic rings. The van der Waals surface area contributed by atoms with Gasteiger partial charge in [0.05, 0.1) is 12.1 Å². The number of hydrogen-bond acceptors (Lipinski definition) is 3. The molecule has 0 aliphatic carbocycles. The SMILES string of the molecule is Cn1cc(CCN2CC(C(=O)O)CCC2=O)cn1. The highest BCUT2D eigenvalue weighted by Gasteiger charge is 2.29. The molecule has 2 rings (SSSR count). The first-order valence-electron chi connectivity index (χ1n) is 6.04. The van der Waals surface area contributed by atoms with E-state index in [-0.39, 0.29) is 5.91 Å². The van der Waals surface area contributed by atoms with Crippen molar-refractivity contribution in [1.82, 2.24) is 14.7 Å². The Morgan fingerprint density at radius 3 is 3.00 bits per heavy atom. The Morgan fingerprint density at radius 1 is 1.61 bits per heavy atom. The number of carbonyl (C=O) groups excluding carboxylic acids is 1. The van der Waals surface area contributed by atoms with Crippen molar-refractivity contribution in [1.29, 1.82) is 0 Å². The molecule has 1 fully saturated rings. The largest absolute Gasteiger partial charge is 0.481 e. The Morgan fingerprint density at radius 2 is 2.39 bits per heavy atom. The number of nitrogens with zero attached hydrogens (tertiary/aromatic N) is 3. The van der Waals surface area contributed by atoms with E-state index in [1.165, 1.54) is 0 Å². The van der Waals surface area contributed by atoms with Crippen molar-refractivity contribution in [2.45, 2.75) is 19.3 Å². The standard InChI is InChI=1S/C12H17N3O3/c1-14-7-9(6-13-14)4-5-15-8-10(12(17)18)2-3-11(15)16/h6-7,10H,2-5,8H2,1H3,(H,17,18). The van der Waals surface area contributed by atoms with Crippen molar-refractivity contribution < 1.29 is 14.7 Å². The number of carboxylic acids is 1. The van der Waals surface area contributed by atoms with Gasteiger partial charge in [-0.3, -0.25) is 14.3 Å². The normalized spacial score (nSPS) is 20.2. The molecule has 0 radical (unpaired) electrons. The number of aryl methyl sites for hydroxylation is 1. The summed E-state index contributed by atoms with van der Waals surface area (Å²) in [5, 5.41) is 13.0. The number of aromatic nitrogens is 2. The third kappa shape index (κ3) is 2.88. The summed E-state index contributed by atoms with van der Waals surface area (Å²) in [6, 6.07) is 0. The summed E-state index contributed by atoms with van der Waals surface area (Å²) in [5.74, 6) is -1.18. The van der Waals surface area contributed by atoms with E-state index in [2.05, 4.69) is 5.10 Å². The van der Waals surface area contributed by atoms with Gasteiger partial charge in [0.25, 0.3) is 0 Å².